The van der Waals surface area contributed by atoms with E-state index in [1.54, 1.807) is 0 Å². The number of ether oxygens (including phenoxy) is 12. The molecule has 20 nitrogen and oxygen atoms in total. The molecule has 0 radical (unpaired) electrons. The third-order valence-corrected chi connectivity index (χ3v) is 15.1. The van der Waals surface area contributed by atoms with Crippen molar-refractivity contribution in [1.29, 1.82) is 0 Å². The van der Waals surface area contributed by atoms with Gasteiger partial charge in [-0.15, -0.1) is 0 Å². The molecule has 0 unspecified atom stereocenters. The van der Waals surface area contributed by atoms with E-state index < -0.39 is 128 Å². The summed E-state index contributed by atoms with van der Waals surface area (Å²) in [5, 5.41) is 0. The zero-order chi connectivity index (χ0) is 61.4. The Morgan fingerprint density at radius 1 is 0.301 bits per heavy atom. The van der Waals surface area contributed by atoms with E-state index in [1.165, 1.54) is 129 Å². The molecule has 0 aliphatic carbocycles. The molecule has 0 amide bonds. The molecule has 20 heteroatoms. The summed E-state index contributed by atoms with van der Waals surface area (Å²) in [7, 11) is 0. The first-order chi connectivity index (χ1) is 39.7. The lowest BCUT2D eigenvalue weighted by Crippen LogP contribution is -2.63. The van der Waals surface area contributed by atoms with Crippen LogP contribution in [-0.2, 0) is 95.2 Å². The van der Waals surface area contributed by atoms with Crippen LogP contribution < -0.4 is 0 Å². The Balaban J connectivity index is 2.65. The van der Waals surface area contributed by atoms with Gasteiger partial charge in [0.1, 0.15) is 25.4 Å². The molecule has 0 aromatic heterocycles. The van der Waals surface area contributed by atoms with Gasteiger partial charge in [0.15, 0.2) is 49.2 Å². The van der Waals surface area contributed by atoms with Crippen LogP contribution in [0.4, 0.5) is 0 Å². The van der Waals surface area contributed by atoms with E-state index in [2.05, 4.69) is 13.8 Å². The molecule has 0 saturated carbocycles. The predicted octanol–water partition coefficient (Wildman–Crippen LogP) is 11.9. The van der Waals surface area contributed by atoms with Gasteiger partial charge in [0, 0.05) is 60.8 Å². The SMILES string of the molecule is CCCCCCCCCCCCCCCCC(CCCCCCCCCCCCCCCC)(CO[C@@H]1O[C@H](COC(C)=O)[C@H](OC(C)=O)[C@H](OC(C)=O)[C@H]1OC(C)=O)CO[C@@H]1O[C@H](COC(C)=O)[C@H](OC(C)=O)[C@H](OC(C)=O)[C@H]1OC(C)=O. The fraction of sp³-hybridized carbons (Fsp3) is 0.873. The van der Waals surface area contributed by atoms with Crippen LogP contribution in [-0.4, -0.2) is 136 Å². The maximum Gasteiger partial charge on any atom is 0.303 e. The molecule has 2 aliphatic heterocycles. The Morgan fingerprint density at radius 2 is 0.530 bits per heavy atom. The Bertz CT molecular complexity index is 1730. The van der Waals surface area contributed by atoms with Crippen LogP contribution in [0.15, 0.2) is 0 Å². The number of hydrogen-bond acceptors (Lipinski definition) is 20. The highest BCUT2D eigenvalue weighted by molar-refractivity contribution is 5.70. The highest BCUT2D eigenvalue weighted by atomic mass is 16.8. The van der Waals surface area contributed by atoms with Crippen LogP contribution in [0.1, 0.15) is 262 Å². The minimum absolute atomic E-state index is 0.136. The van der Waals surface area contributed by atoms with Gasteiger partial charge in [0.2, 0.25) is 0 Å². The third kappa shape index (κ3) is 33.2. The smallest absolute Gasteiger partial charge is 0.303 e. The molecule has 2 aliphatic rings. The lowest BCUT2D eigenvalue weighted by Gasteiger charge is -2.46. The largest absolute Gasteiger partial charge is 0.463 e. The van der Waals surface area contributed by atoms with Crippen molar-refractivity contribution in [3.63, 3.8) is 0 Å². The van der Waals surface area contributed by atoms with Gasteiger partial charge < -0.3 is 56.8 Å². The first-order valence-electron chi connectivity index (χ1n) is 31.6. The Kier molecular flexibility index (Phi) is 39.7. The van der Waals surface area contributed by atoms with E-state index >= 15 is 0 Å². The van der Waals surface area contributed by atoms with E-state index in [0.29, 0.717) is 12.8 Å². The maximum absolute atomic E-state index is 12.9. The summed E-state index contributed by atoms with van der Waals surface area (Å²) in [5.41, 5.74) is -0.924. The molecule has 2 rings (SSSR count). The summed E-state index contributed by atoms with van der Waals surface area (Å²) in [6.45, 7) is 12.6. The first-order valence-corrected chi connectivity index (χ1v) is 31.6. The second-order valence-electron chi connectivity index (χ2n) is 22.9. The summed E-state index contributed by atoms with van der Waals surface area (Å²) in [5.74, 6) is -6.04. The predicted molar refractivity (Wildman–Crippen MR) is 308 cm³/mol. The minimum Gasteiger partial charge on any atom is -0.463 e. The summed E-state index contributed by atoms with van der Waals surface area (Å²) in [4.78, 5) is 101. The summed E-state index contributed by atoms with van der Waals surface area (Å²) in [6.07, 6.45) is 19.0. The second kappa shape index (κ2) is 44.1. The van der Waals surface area contributed by atoms with Gasteiger partial charge in [-0.25, -0.2) is 0 Å². The third-order valence-electron chi connectivity index (χ3n) is 15.1. The van der Waals surface area contributed by atoms with Crippen molar-refractivity contribution in [1.82, 2.24) is 0 Å². The van der Waals surface area contributed by atoms with E-state index in [1.807, 2.05) is 0 Å². The summed E-state index contributed by atoms with van der Waals surface area (Å²) in [6, 6.07) is 0. The maximum atomic E-state index is 12.9. The van der Waals surface area contributed by atoms with Crippen LogP contribution in [0.3, 0.4) is 0 Å². The molecule has 0 bridgehead atoms. The van der Waals surface area contributed by atoms with Gasteiger partial charge in [0.05, 0.1) is 13.2 Å². The highest BCUT2D eigenvalue weighted by Crippen LogP contribution is 2.39. The molecule has 0 aromatic rings. The Morgan fingerprint density at radius 3 is 0.771 bits per heavy atom. The van der Waals surface area contributed by atoms with Gasteiger partial charge in [-0.1, -0.05) is 194 Å². The average molecular weight is 1190 g/mol. The fourth-order valence-corrected chi connectivity index (χ4v) is 11.0. The van der Waals surface area contributed by atoms with Gasteiger partial charge in [-0.05, 0) is 12.8 Å². The summed E-state index contributed by atoms with van der Waals surface area (Å²) >= 11 is 0. The Hall–Kier alpha value is -4.40. The van der Waals surface area contributed by atoms with E-state index in [-0.39, 0.29) is 13.2 Å². The zero-order valence-corrected chi connectivity index (χ0v) is 52.5. The van der Waals surface area contributed by atoms with Crippen LogP contribution in [0, 0.1) is 5.41 Å². The van der Waals surface area contributed by atoms with Gasteiger partial charge >= 0.3 is 47.8 Å². The van der Waals surface area contributed by atoms with E-state index in [4.69, 9.17) is 56.8 Å². The molecule has 10 atom stereocenters. The lowest BCUT2D eigenvalue weighted by molar-refractivity contribution is -0.323. The number of rotatable bonds is 46. The fourth-order valence-electron chi connectivity index (χ4n) is 11.0. The zero-order valence-electron chi connectivity index (χ0n) is 52.5. The normalized spacial score (nSPS) is 22.4. The van der Waals surface area contributed by atoms with Crippen molar-refractivity contribution in [3.8, 4) is 0 Å². The molecule has 0 N–H and O–H groups in total. The van der Waals surface area contributed by atoms with Crippen molar-refractivity contribution in [2.45, 2.75) is 323 Å². The molecular weight excluding hydrogens is 1080 g/mol. The quantitative estimate of drug-likeness (QED) is 0.0312. The summed E-state index contributed by atoms with van der Waals surface area (Å²) < 4.78 is 71.5. The van der Waals surface area contributed by atoms with Gasteiger partial charge in [0.25, 0.3) is 0 Å². The van der Waals surface area contributed by atoms with Gasteiger partial charge in [-0.3, -0.25) is 38.4 Å². The molecule has 2 fully saturated rings. The van der Waals surface area contributed by atoms with Crippen molar-refractivity contribution in [2.75, 3.05) is 26.4 Å². The van der Waals surface area contributed by atoms with Crippen LogP contribution >= 0.6 is 0 Å². The minimum atomic E-state index is -1.49. The number of carbonyl (C=O) groups is 8. The van der Waals surface area contributed by atoms with Gasteiger partial charge in [-0.2, -0.15) is 0 Å². The molecule has 0 spiro atoms. The number of unbranched alkanes of at least 4 members (excludes halogenated alkanes) is 26. The topological polar surface area (TPSA) is 247 Å². The number of carbonyl (C=O) groups excluding carboxylic acids is 8. The first kappa shape index (κ1) is 74.7. The van der Waals surface area contributed by atoms with E-state index in [9.17, 15) is 38.4 Å². The second-order valence-corrected chi connectivity index (χ2v) is 22.9. The standard InChI is InChI=1S/C63H108O20/c1-11-13-15-17-19-21-23-25-27-29-31-33-35-37-39-63(40-38-36-34-32-30-28-26-24-22-20-18-16-14-12-2,43-74-61-59(80-51(9)70)57(78-49(7)68)55(76-47(5)66)53(82-61)41-72-45(3)64)44-75-62-60(81-52(10)71)58(79-50(8)69)56(77-48(6)67)54(83-62)42-73-46(4)65/h53-62H,11-44H2,1-10H3/t53-,54-,55+,56+,57+,58+,59-,60-,61-,62-/m1/s1. The average Bonchev–Trinajstić information content (AvgIpc) is 3.60. The molecule has 480 valence electrons. The molecule has 0 aromatic carbocycles. The molecule has 2 heterocycles. The van der Waals surface area contributed by atoms with E-state index in [0.717, 1.165) is 106 Å². The lowest BCUT2D eigenvalue weighted by atomic mass is 9.79. The van der Waals surface area contributed by atoms with Crippen LogP contribution in [0.25, 0.3) is 0 Å². The molecule has 2 saturated heterocycles. The van der Waals surface area contributed by atoms with Crippen molar-refractivity contribution in [2.24, 2.45) is 5.41 Å². The highest BCUT2D eigenvalue weighted by Gasteiger charge is 2.55. The van der Waals surface area contributed by atoms with Crippen molar-refractivity contribution >= 4 is 47.8 Å². The molecule has 83 heavy (non-hydrogen) atoms. The Labute approximate surface area is 496 Å². The monoisotopic (exact) mass is 1180 g/mol. The van der Waals surface area contributed by atoms with Crippen molar-refractivity contribution < 1.29 is 95.2 Å². The van der Waals surface area contributed by atoms with Crippen molar-refractivity contribution in [3.05, 3.63) is 0 Å². The number of hydrogen-bond donors (Lipinski definition) is 0. The number of esters is 8. The van der Waals surface area contributed by atoms with Crippen LogP contribution in [0.2, 0.25) is 0 Å². The molecular formula is C63H108O20. The van der Waals surface area contributed by atoms with Crippen LogP contribution in [0.5, 0.6) is 0 Å².